The monoisotopic (exact) mass is 510 g/mol. The quantitative estimate of drug-likeness (QED) is 0.410. The molecule has 174 valence electrons. The Morgan fingerprint density at radius 3 is 2.67 bits per heavy atom. The lowest BCUT2D eigenvalue weighted by atomic mass is 9.80. The number of aromatic nitrogens is 1. The second-order valence-corrected chi connectivity index (χ2v) is 10.6. The molecule has 0 amide bonds. The Bertz CT molecular complexity index is 1270. The minimum Gasteiger partial charge on any atom is -0.383 e. The number of nitrogens with one attached hydrogen (secondary N) is 2. The maximum absolute atomic E-state index is 14.8. The molecule has 0 spiro atoms. The molecule has 4 rings (SSSR count). The Morgan fingerprint density at radius 2 is 1.97 bits per heavy atom. The SMILES string of the molecule is N[C@@H]1CCC=C(c2ccc(F)cc2)[C@H]1CNc1cc(F)c(S(=O)(=O)Nc2nccs2)cc1Cl. The Balaban J connectivity index is 1.54. The molecule has 1 heterocycles. The van der Waals surface area contributed by atoms with E-state index >= 15 is 0 Å². The van der Waals surface area contributed by atoms with Crippen molar-refractivity contribution in [2.45, 2.75) is 23.8 Å². The topological polar surface area (TPSA) is 97.1 Å². The van der Waals surface area contributed by atoms with Crippen LogP contribution in [0.25, 0.3) is 5.57 Å². The average Bonchev–Trinajstić information content (AvgIpc) is 3.27. The summed E-state index contributed by atoms with van der Waals surface area (Å²) in [4.78, 5) is 3.27. The third-order valence-electron chi connectivity index (χ3n) is 5.44. The number of sulfonamides is 1. The molecule has 0 saturated heterocycles. The first-order valence-electron chi connectivity index (χ1n) is 10.1. The molecule has 0 saturated carbocycles. The highest BCUT2D eigenvalue weighted by Crippen LogP contribution is 2.34. The minimum atomic E-state index is -4.19. The van der Waals surface area contributed by atoms with E-state index in [1.165, 1.54) is 18.3 Å². The van der Waals surface area contributed by atoms with Crippen LogP contribution in [0.1, 0.15) is 18.4 Å². The molecule has 3 aromatic rings. The number of hydrogen-bond donors (Lipinski definition) is 3. The van der Waals surface area contributed by atoms with Gasteiger partial charge in [0.2, 0.25) is 0 Å². The Morgan fingerprint density at radius 1 is 1.21 bits per heavy atom. The molecule has 2 atom stereocenters. The maximum Gasteiger partial charge on any atom is 0.266 e. The summed E-state index contributed by atoms with van der Waals surface area (Å²) in [6, 6.07) is 8.15. The summed E-state index contributed by atoms with van der Waals surface area (Å²) >= 11 is 7.37. The Kier molecular flexibility index (Phi) is 6.99. The predicted molar refractivity (Wildman–Crippen MR) is 128 cm³/mol. The van der Waals surface area contributed by atoms with E-state index in [2.05, 4.69) is 21.1 Å². The summed E-state index contributed by atoms with van der Waals surface area (Å²) in [5, 5.41) is 4.87. The molecular formula is C22H21ClF2N4O2S2. The molecule has 1 aromatic heterocycles. The van der Waals surface area contributed by atoms with Gasteiger partial charge in [-0.2, -0.15) is 0 Å². The van der Waals surface area contributed by atoms with Gasteiger partial charge >= 0.3 is 0 Å². The van der Waals surface area contributed by atoms with Gasteiger partial charge in [-0.1, -0.05) is 29.8 Å². The highest BCUT2D eigenvalue weighted by molar-refractivity contribution is 7.93. The van der Waals surface area contributed by atoms with E-state index < -0.39 is 20.7 Å². The first-order chi connectivity index (χ1) is 15.7. The highest BCUT2D eigenvalue weighted by atomic mass is 35.5. The molecule has 1 aliphatic carbocycles. The van der Waals surface area contributed by atoms with Crippen LogP contribution in [0.15, 0.2) is 58.9 Å². The summed E-state index contributed by atoms with van der Waals surface area (Å²) in [5.41, 5.74) is 8.45. The van der Waals surface area contributed by atoms with Gasteiger partial charge in [0.1, 0.15) is 16.5 Å². The van der Waals surface area contributed by atoms with Crippen molar-refractivity contribution in [3.63, 3.8) is 0 Å². The normalized spacial score (nSPS) is 18.6. The van der Waals surface area contributed by atoms with Crippen molar-refractivity contribution in [3.8, 4) is 0 Å². The summed E-state index contributed by atoms with van der Waals surface area (Å²) in [7, 11) is -4.19. The maximum atomic E-state index is 14.8. The molecule has 33 heavy (non-hydrogen) atoms. The number of allylic oxidation sites excluding steroid dienone is 1. The van der Waals surface area contributed by atoms with Crippen LogP contribution in [0.2, 0.25) is 5.02 Å². The van der Waals surface area contributed by atoms with E-state index in [1.807, 2.05) is 0 Å². The molecule has 2 aromatic carbocycles. The number of benzene rings is 2. The first kappa shape index (κ1) is 23.6. The number of halogens is 3. The van der Waals surface area contributed by atoms with Gasteiger partial charge in [-0.3, -0.25) is 4.72 Å². The Hall–Kier alpha value is -2.53. The lowest BCUT2D eigenvalue weighted by molar-refractivity contribution is 0.486. The van der Waals surface area contributed by atoms with Gasteiger partial charge in [0.25, 0.3) is 10.0 Å². The van der Waals surface area contributed by atoms with E-state index in [9.17, 15) is 17.2 Å². The van der Waals surface area contributed by atoms with Crippen molar-refractivity contribution in [1.29, 1.82) is 0 Å². The number of hydrogen-bond acceptors (Lipinski definition) is 6. The van der Waals surface area contributed by atoms with Gasteiger partial charge in [-0.25, -0.2) is 22.2 Å². The minimum absolute atomic E-state index is 0.0487. The van der Waals surface area contributed by atoms with Crippen LogP contribution in [0.4, 0.5) is 19.6 Å². The third-order valence-corrected chi connectivity index (χ3v) is 7.92. The van der Waals surface area contributed by atoms with Crippen LogP contribution < -0.4 is 15.8 Å². The van der Waals surface area contributed by atoms with Gasteiger partial charge in [0.15, 0.2) is 5.13 Å². The van der Waals surface area contributed by atoms with Gasteiger partial charge in [-0.05, 0) is 48.2 Å². The van der Waals surface area contributed by atoms with Crippen molar-refractivity contribution in [3.05, 3.63) is 76.3 Å². The molecule has 11 heteroatoms. The van der Waals surface area contributed by atoms with Crippen molar-refractivity contribution in [2.75, 3.05) is 16.6 Å². The van der Waals surface area contributed by atoms with Crippen LogP contribution in [0, 0.1) is 17.6 Å². The zero-order valence-electron chi connectivity index (χ0n) is 17.3. The number of nitrogens with zero attached hydrogens (tertiary/aromatic N) is 1. The molecule has 4 N–H and O–H groups in total. The molecule has 0 bridgehead atoms. The fourth-order valence-electron chi connectivity index (χ4n) is 3.78. The van der Waals surface area contributed by atoms with Crippen molar-refractivity contribution in [2.24, 2.45) is 11.7 Å². The van der Waals surface area contributed by atoms with Crippen LogP contribution in [-0.4, -0.2) is 26.0 Å². The second-order valence-electron chi connectivity index (χ2n) is 7.60. The largest absolute Gasteiger partial charge is 0.383 e. The molecule has 0 aliphatic heterocycles. The van der Waals surface area contributed by atoms with Crippen molar-refractivity contribution in [1.82, 2.24) is 4.98 Å². The van der Waals surface area contributed by atoms with Crippen molar-refractivity contribution >= 4 is 49.4 Å². The van der Waals surface area contributed by atoms with E-state index in [1.54, 1.807) is 17.5 Å². The fraction of sp³-hybridized carbons (Fsp3) is 0.227. The average molecular weight is 511 g/mol. The van der Waals surface area contributed by atoms with E-state index in [0.717, 1.165) is 47.4 Å². The molecule has 0 radical (unpaired) electrons. The van der Waals surface area contributed by atoms with Crippen molar-refractivity contribution < 1.29 is 17.2 Å². The predicted octanol–water partition coefficient (Wildman–Crippen LogP) is 5.11. The van der Waals surface area contributed by atoms with Gasteiger partial charge < -0.3 is 11.1 Å². The van der Waals surface area contributed by atoms with Gasteiger partial charge in [0, 0.05) is 30.1 Å². The lowest BCUT2D eigenvalue weighted by Gasteiger charge is -2.31. The Labute approximate surface area is 199 Å². The van der Waals surface area contributed by atoms with Crippen LogP contribution in [0.5, 0.6) is 0 Å². The van der Waals surface area contributed by atoms with Crippen LogP contribution >= 0.6 is 22.9 Å². The zero-order valence-corrected chi connectivity index (χ0v) is 19.7. The molecular weight excluding hydrogens is 490 g/mol. The van der Waals surface area contributed by atoms with E-state index in [4.69, 9.17) is 17.3 Å². The highest BCUT2D eigenvalue weighted by Gasteiger charge is 2.27. The zero-order chi connectivity index (χ0) is 23.6. The summed E-state index contributed by atoms with van der Waals surface area (Å²) < 4.78 is 55.4. The molecule has 0 fully saturated rings. The van der Waals surface area contributed by atoms with Gasteiger partial charge in [0.05, 0.1) is 10.7 Å². The van der Waals surface area contributed by atoms with Crippen LogP contribution in [0.3, 0.4) is 0 Å². The molecule has 0 unspecified atom stereocenters. The van der Waals surface area contributed by atoms with Crippen LogP contribution in [-0.2, 0) is 10.0 Å². The fourth-order valence-corrected chi connectivity index (χ4v) is 5.95. The number of anilines is 2. The lowest BCUT2D eigenvalue weighted by Crippen LogP contribution is -2.37. The van der Waals surface area contributed by atoms with E-state index in [-0.39, 0.29) is 33.6 Å². The summed E-state index contributed by atoms with van der Waals surface area (Å²) in [6.07, 6.45) is 5.09. The smallest absolute Gasteiger partial charge is 0.266 e. The number of nitrogens with two attached hydrogens (primary N) is 1. The molecule has 1 aliphatic rings. The number of thiazole rings is 1. The van der Waals surface area contributed by atoms with Gasteiger partial charge in [-0.15, -0.1) is 11.3 Å². The first-order valence-corrected chi connectivity index (χ1v) is 12.9. The summed E-state index contributed by atoms with van der Waals surface area (Å²) in [6.45, 7) is 0.340. The second kappa shape index (κ2) is 9.76. The standard InChI is InChI=1S/C22H21ClF2N4O2S2/c23-17-10-21(33(30,31)29-22-27-8-9-32-22)18(25)11-20(17)28-12-16-15(2-1-3-19(16)26)13-4-6-14(24)7-5-13/h2,4-11,16,19,28H,1,3,12,26H2,(H,27,29)/t16-,19-/m1/s1. The molecule has 6 nitrogen and oxygen atoms in total. The summed E-state index contributed by atoms with van der Waals surface area (Å²) in [5.74, 6) is -1.40. The number of rotatable bonds is 7. The third kappa shape index (κ3) is 5.35. The van der Waals surface area contributed by atoms with E-state index in [0.29, 0.717) is 6.54 Å².